The highest BCUT2D eigenvalue weighted by Gasteiger charge is 2.32. The maximum Gasteiger partial charge on any atom is 0.254 e. The molecule has 30 heavy (non-hydrogen) atoms. The molecule has 9 heteroatoms. The van der Waals surface area contributed by atoms with Gasteiger partial charge in [0.05, 0.1) is 6.54 Å². The van der Waals surface area contributed by atoms with Crippen LogP contribution in [0.2, 0.25) is 0 Å². The molecular formula is C21H25N3O5S. The monoisotopic (exact) mass is 431 g/mol. The van der Waals surface area contributed by atoms with Crippen LogP contribution in [0.5, 0.6) is 5.75 Å². The molecule has 1 saturated heterocycles. The average Bonchev–Trinajstić information content (AvgIpc) is 2.75. The Morgan fingerprint density at radius 1 is 1.03 bits per heavy atom. The van der Waals surface area contributed by atoms with Crippen LogP contribution in [0.3, 0.4) is 0 Å². The third kappa shape index (κ3) is 4.63. The van der Waals surface area contributed by atoms with Crippen molar-refractivity contribution in [2.24, 2.45) is 0 Å². The lowest BCUT2D eigenvalue weighted by Crippen LogP contribution is -2.52. The second kappa shape index (κ2) is 8.85. The Hall–Kier alpha value is -2.91. The fourth-order valence-electron chi connectivity index (χ4n) is 3.32. The van der Waals surface area contributed by atoms with Crippen LogP contribution in [0.15, 0.2) is 53.4 Å². The zero-order valence-electron chi connectivity index (χ0n) is 17.0. The number of carbonyl (C=O) groups is 2. The van der Waals surface area contributed by atoms with Gasteiger partial charge in [0.2, 0.25) is 15.9 Å². The molecule has 1 fully saturated rings. The molecule has 2 amide bonds. The molecule has 1 aliphatic heterocycles. The molecule has 2 aromatic carbocycles. The van der Waals surface area contributed by atoms with Crippen molar-refractivity contribution in [3.63, 3.8) is 0 Å². The van der Waals surface area contributed by atoms with E-state index in [1.807, 2.05) is 6.07 Å². The van der Waals surface area contributed by atoms with Gasteiger partial charge in [-0.2, -0.15) is 4.31 Å². The van der Waals surface area contributed by atoms with Crippen molar-refractivity contribution in [1.82, 2.24) is 14.1 Å². The van der Waals surface area contributed by atoms with Gasteiger partial charge in [0.25, 0.3) is 5.91 Å². The zero-order chi connectivity index (χ0) is 21.9. The van der Waals surface area contributed by atoms with E-state index in [4.69, 9.17) is 0 Å². The molecule has 160 valence electrons. The summed E-state index contributed by atoms with van der Waals surface area (Å²) in [7, 11) is -2.29. The van der Waals surface area contributed by atoms with E-state index in [1.165, 1.54) is 21.3 Å². The van der Waals surface area contributed by atoms with Crippen LogP contribution in [0.1, 0.15) is 15.9 Å². The normalized spacial score (nSPS) is 15.1. The van der Waals surface area contributed by atoms with Crippen molar-refractivity contribution >= 4 is 21.8 Å². The lowest BCUT2D eigenvalue weighted by atomic mass is 10.2. The third-order valence-corrected chi connectivity index (χ3v) is 6.99. The van der Waals surface area contributed by atoms with Gasteiger partial charge in [-0.05, 0) is 36.8 Å². The molecule has 0 unspecified atom stereocenters. The number of phenols is 1. The summed E-state index contributed by atoms with van der Waals surface area (Å²) in [5.41, 5.74) is 1.23. The summed E-state index contributed by atoms with van der Waals surface area (Å²) in [6, 6.07) is 13.1. The molecule has 0 aliphatic carbocycles. The quantitative estimate of drug-likeness (QED) is 0.770. The van der Waals surface area contributed by atoms with Crippen LogP contribution in [0, 0.1) is 6.92 Å². The fraction of sp³-hybridized carbons (Fsp3) is 0.333. The number of aryl methyl sites for hydroxylation is 1. The van der Waals surface area contributed by atoms with E-state index in [2.05, 4.69) is 0 Å². The number of rotatable bonds is 5. The van der Waals surface area contributed by atoms with E-state index in [9.17, 15) is 23.1 Å². The summed E-state index contributed by atoms with van der Waals surface area (Å²) in [6.07, 6.45) is 0. The number of nitrogens with zero attached hydrogens (tertiary/aromatic N) is 3. The van der Waals surface area contributed by atoms with Crippen molar-refractivity contribution in [2.75, 3.05) is 39.8 Å². The number of phenolic OH excluding ortho intramolecular Hbond substituents is 1. The number of carbonyl (C=O) groups excluding carboxylic acids is 2. The molecule has 0 aromatic heterocycles. The van der Waals surface area contributed by atoms with Crippen LogP contribution in [-0.4, -0.2) is 79.2 Å². The highest BCUT2D eigenvalue weighted by molar-refractivity contribution is 7.89. The van der Waals surface area contributed by atoms with Gasteiger partial charge >= 0.3 is 0 Å². The van der Waals surface area contributed by atoms with E-state index in [1.54, 1.807) is 49.2 Å². The van der Waals surface area contributed by atoms with E-state index in [0.29, 0.717) is 5.56 Å². The third-order valence-electron chi connectivity index (χ3n) is 5.06. The van der Waals surface area contributed by atoms with Crippen LogP contribution in [0.25, 0.3) is 0 Å². The summed E-state index contributed by atoms with van der Waals surface area (Å²) in [5.74, 6) is -0.780. The Labute approximate surface area is 176 Å². The van der Waals surface area contributed by atoms with Crippen LogP contribution < -0.4 is 0 Å². The number of aromatic hydroxyl groups is 1. The molecule has 3 rings (SSSR count). The standard InChI is InChI=1S/C21H25N3O5S/c1-16-8-9-18(25)19(14-16)30(28,29)24-12-10-23(11-13-24)20(26)15-22(2)21(27)17-6-4-3-5-7-17/h3-9,14,25H,10-13,15H2,1-2H3. The average molecular weight is 432 g/mol. The van der Waals surface area contributed by atoms with Crippen LogP contribution in [0.4, 0.5) is 0 Å². The largest absolute Gasteiger partial charge is 0.507 e. The number of hydrogen-bond donors (Lipinski definition) is 1. The first kappa shape index (κ1) is 21.8. The van der Waals surface area contributed by atoms with Crippen molar-refractivity contribution in [2.45, 2.75) is 11.8 Å². The smallest absolute Gasteiger partial charge is 0.254 e. The highest BCUT2D eigenvalue weighted by Crippen LogP contribution is 2.27. The number of benzene rings is 2. The lowest BCUT2D eigenvalue weighted by Gasteiger charge is -2.34. The summed E-state index contributed by atoms with van der Waals surface area (Å²) >= 11 is 0. The Kier molecular flexibility index (Phi) is 6.42. The van der Waals surface area contributed by atoms with Crippen molar-refractivity contribution in [1.29, 1.82) is 0 Å². The minimum absolute atomic E-state index is 0.0842. The molecule has 0 saturated carbocycles. The highest BCUT2D eigenvalue weighted by atomic mass is 32.2. The predicted octanol–water partition coefficient (Wildman–Crippen LogP) is 1.31. The molecule has 1 N–H and O–H groups in total. The lowest BCUT2D eigenvalue weighted by molar-refractivity contribution is -0.132. The summed E-state index contributed by atoms with van der Waals surface area (Å²) in [4.78, 5) is 27.8. The fourth-order valence-corrected chi connectivity index (χ4v) is 4.91. The molecule has 8 nitrogen and oxygen atoms in total. The number of piperazine rings is 1. The van der Waals surface area contributed by atoms with Crippen LogP contribution in [-0.2, 0) is 14.8 Å². The van der Waals surface area contributed by atoms with Crippen molar-refractivity contribution in [3.05, 3.63) is 59.7 Å². The Morgan fingerprint density at radius 3 is 2.30 bits per heavy atom. The molecule has 2 aromatic rings. The molecule has 0 radical (unpaired) electrons. The molecule has 0 spiro atoms. The zero-order valence-corrected chi connectivity index (χ0v) is 17.8. The van der Waals surface area contributed by atoms with Gasteiger partial charge in [-0.1, -0.05) is 24.3 Å². The predicted molar refractivity (Wildman–Crippen MR) is 112 cm³/mol. The first-order valence-electron chi connectivity index (χ1n) is 9.58. The minimum atomic E-state index is -3.86. The van der Waals surface area contributed by atoms with Gasteiger partial charge in [0.15, 0.2) is 0 Å². The summed E-state index contributed by atoms with van der Waals surface area (Å²) in [6.45, 7) is 2.35. The van der Waals surface area contributed by atoms with E-state index < -0.39 is 10.0 Å². The van der Waals surface area contributed by atoms with Gasteiger partial charge < -0.3 is 14.9 Å². The van der Waals surface area contributed by atoms with E-state index in [-0.39, 0.29) is 55.2 Å². The number of sulfonamides is 1. The molecule has 0 bridgehead atoms. The summed E-state index contributed by atoms with van der Waals surface area (Å²) in [5, 5.41) is 9.98. The van der Waals surface area contributed by atoms with Gasteiger partial charge in [-0.25, -0.2) is 8.42 Å². The minimum Gasteiger partial charge on any atom is -0.507 e. The first-order chi connectivity index (χ1) is 14.2. The van der Waals surface area contributed by atoms with E-state index >= 15 is 0 Å². The topological polar surface area (TPSA) is 98.2 Å². The molecular weight excluding hydrogens is 406 g/mol. The Bertz CT molecular complexity index is 1030. The summed E-state index contributed by atoms with van der Waals surface area (Å²) < 4.78 is 27.0. The maximum absolute atomic E-state index is 12.9. The number of amides is 2. The number of likely N-dealkylation sites (N-methyl/N-ethyl adjacent to an activating group) is 1. The molecule has 1 aliphatic rings. The van der Waals surface area contributed by atoms with Crippen molar-refractivity contribution < 1.29 is 23.1 Å². The SMILES string of the molecule is Cc1ccc(O)c(S(=O)(=O)N2CCN(C(=O)CN(C)C(=O)c3ccccc3)CC2)c1. The van der Waals surface area contributed by atoms with E-state index in [0.717, 1.165) is 5.56 Å². The second-order valence-corrected chi connectivity index (χ2v) is 9.19. The van der Waals surface area contributed by atoms with Gasteiger partial charge in [0.1, 0.15) is 10.6 Å². The van der Waals surface area contributed by atoms with Gasteiger partial charge in [-0.3, -0.25) is 9.59 Å². The Morgan fingerprint density at radius 2 is 1.67 bits per heavy atom. The first-order valence-corrected chi connectivity index (χ1v) is 11.0. The maximum atomic E-state index is 12.9. The Balaban J connectivity index is 1.60. The van der Waals surface area contributed by atoms with Crippen molar-refractivity contribution in [3.8, 4) is 5.75 Å². The molecule has 1 heterocycles. The van der Waals surface area contributed by atoms with Gasteiger partial charge in [0, 0.05) is 38.8 Å². The number of hydrogen-bond acceptors (Lipinski definition) is 5. The van der Waals surface area contributed by atoms with Gasteiger partial charge in [-0.15, -0.1) is 0 Å². The van der Waals surface area contributed by atoms with Crippen LogP contribution >= 0.6 is 0 Å². The second-order valence-electron chi connectivity index (χ2n) is 7.28. The molecule has 0 atom stereocenters.